The second kappa shape index (κ2) is 10.4. The molecule has 1 amide bonds. The lowest BCUT2D eigenvalue weighted by Gasteiger charge is -2.37. The minimum Gasteiger partial charge on any atom is -0.486 e. The van der Waals surface area contributed by atoms with Crippen LogP contribution in [0.2, 0.25) is 0 Å². The molecule has 3 aliphatic rings. The molecule has 6 rings (SSSR count). The van der Waals surface area contributed by atoms with Gasteiger partial charge in [-0.25, -0.2) is 13.8 Å². The molecule has 0 N–H and O–H groups in total. The number of anilines is 1. The van der Waals surface area contributed by atoms with Crippen LogP contribution >= 0.6 is 0 Å². The minimum atomic E-state index is -0.982. The molecule has 2 atom stereocenters. The van der Waals surface area contributed by atoms with E-state index in [0.717, 1.165) is 44.0 Å². The number of benzene rings is 2. The average Bonchev–Trinajstić information content (AvgIpc) is 3.42. The lowest BCUT2D eigenvalue weighted by molar-refractivity contribution is 0.0571. The van der Waals surface area contributed by atoms with Crippen molar-refractivity contribution in [2.75, 3.05) is 57.4 Å². The quantitative estimate of drug-likeness (QED) is 0.504. The van der Waals surface area contributed by atoms with E-state index in [4.69, 9.17) is 14.5 Å². The monoisotopic (exact) mass is 523 g/mol. The Bertz CT molecular complexity index is 1350. The van der Waals surface area contributed by atoms with Gasteiger partial charge >= 0.3 is 0 Å². The Labute approximate surface area is 220 Å². The van der Waals surface area contributed by atoms with Crippen molar-refractivity contribution < 1.29 is 23.0 Å². The maximum atomic E-state index is 13.9. The maximum Gasteiger partial charge on any atom is 0.254 e. The molecule has 200 valence electrons. The summed E-state index contributed by atoms with van der Waals surface area (Å²) >= 11 is 0. The number of piperazine rings is 1. The number of nitrogens with zero attached hydrogens (tertiary/aromatic N) is 5. The summed E-state index contributed by atoms with van der Waals surface area (Å²) in [6.45, 7) is 7.85. The number of halogens is 2. The van der Waals surface area contributed by atoms with Crippen molar-refractivity contribution in [3.8, 4) is 5.75 Å². The third-order valence-electron chi connectivity index (χ3n) is 7.76. The van der Waals surface area contributed by atoms with Crippen LogP contribution in [-0.2, 0) is 4.74 Å². The van der Waals surface area contributed by atoms with E-state index in [1.807, 2.05) is 17.9 Å². The van der Waals surface area contributed by atoms with Gasteiger partial charge in [0.2, 0.25) is 0 Å². The second-order valence-electron chi connectivity index (χ2n) is 10.2. The molecular formula is C28H31F2N5O3. The number of rotatable bonds is 5. The summed E-state index contributed by atoms with van der Waals surface area (Å²) in [4.78, 5) is 29.8. The maximum absolute atomic E-state index is 13.9. The number of fused-ring (bicyclic) bond motifs is 2. The highest BCUT2D eigenvalue weighted by Gasteiger charge is 2.33. The van der Waals surface area contributed by atoms with Crippen molar-refractivity contribution >= 4 is 22.8 Å². The number of carbonyl (C=O) groups is 1. The van der Waals surface area contributed by atoms with Crippen LogP contribution in [0.1, 0.15) is 41.8 Å². The average molecular weight is 524 g/mol. The van der Waals surface area contributed by atoms with Gasteiger partial charge in [0.1, 0.15) is 17.7 Å². The molecule has 0 saturated carbocycles. The van der Waals surface area contributed by atoms with Crippen LogP contribution in [-0.4, -0.2) is 84.2 Å². The van der Waals surface area contributed by atoms with Gasteiger partial charge < -0.3 is 19.3 Å². The number of morpholine rings is 1. The van der Waals surface area contributed by atoms with Crippen LogP contribution in [0.15, 0.2) is 36.5 Å². The van der Waals surface area contributed by atoms with Gasteiger partial charge in [-0.2, -0.15) is 0 Å². The van der Waals surface area contributed by atoms with Crippen molar-refractivity contribution in [1.82, 2.24) is 19.8 Å². The zero-order chi connectivity index (χ0) is 26.2. The molecule has 2 aromatic carbocycles. The van der Waals surface area contributed by atoms with Crippen molar-refractivity contribution in [2.45, 2.75) is 31.9 Å². The summed E-state index contributed by atoms with van der Waals surface area (Å²) in [5.41, 5.74) is 2.38. The molecule has 38 heavy (non-hydrogen) atoms. The van der Waals surface area contributed by atoms with Crippen LogP contribution in [0.4, 0.5) is 14.6 Å². The Hall–Kier alpha value is -3.37. The van der Waals surface area contributed by atoms with E-state index in [9.17, 15) is 13.6 Å². The molecule has 3 aromatic rings. The molecule has 0 aliphatic carbocycles. The third-order valence-corrected chi connectivity index (χ3v) is 7.76. The zero-order valence-corrected chi connectivity index (χ0v) is 21.4. The fourth-order valence-corrected chi connectivity index (χ4v) is 5.69. The Morgan fingerprint density at radius 1 is 1.08 bits per heavy atom. The van der Waals surface area contributed by atoms with Crippen LogP contribution < -0.4 is 9.64 Å². The number of aromatic nitrogens is 2. The summed E-state index contributed by atoms with van der Waals surface area (Å²) in [5.74, 6) is -1.05. The number of hydrogen-bond donors (Lipinski definition) is 0. The first-order chi connectivity index (χ1) is 18.5. The SMILES string of the molecule is CC(Oc1ccc(F)c(F)c1)c1cc(C(=O)N2CCN3CCC[C@H]3C2)cc2ncc(N3CCOCC3)nc12. The summed E-state index contributed by atoms with van der Waals surface area (Å²) in [5, 5.41) is 0. The number of amides is 1. The van der Waals surface area contributed by atoms with Crippen molar-refractivity contribution in [2.24, 2.45) is 0 Å². The fourth-order valence-electron chi connectivity index (χ4n) is 5.69. The standard InChI is InChI=1S/C28H31F2N5O3/c1-18(38-21-4-5-23(29)24(30)15-21)22-13-19(28(36)35-8-7-33-6-2-3-20(33)17-35)14-25-27(22)32-26(16-31-25)34-9-11-37-12-10-34/h4-5,13-16,18,20H,2-3,6-12,17H2,1H3/t18?,20-/m0/s1. The number of hydrogen-bond acceptors (Lipinski definition) is 7. The predicted octanol–water partition coefficient (Wildman–Crippen LogP) is 3.80. The Balaban J connectivity index is 1.36. The molecule has 1 aromatic heterocycles. The van der Waals surface area contributed by atoms with Gasteiger partial charge in [-0.1, -0.05) is 0 Å². The van der Waals surface area contributed by atoms with E-state index in [1.165, 1.54) is 12.5 Å². The summed E-state index contributed by atoms with van der Waals surface area (Å²) < 4.78 is 38.8. The van der Waals surface area contributed by atoms with E-state index in [2.05, 4.69) is 14.8 Å². The van der Waals surface area contributed by atoms with E-state index in [0.29, 0.717) is 61.1 Å². The molecule has 4 heterocycles. The van der Waals surface area contributed by atoms with Crippen LogP contribution in [0.25, 0.3) is 11.0 Å². The van der Waals surface area contributed by atoms with Crippen molar-refractivity contribution in [3.05, 3.63) is 59.3 Å². The highest BCUT2D eigenvalue weighted by atomic mass is 19.2. The molecule has 0 spiro atoms. The Morgan fingerprint density at radius 3 is 2.74 bits per heavy atom. The third kappa shape index (κ3) is 4.90. The fraction of sp³-hybridized carbons (Fsp3) is 0.464. The van der Waals surface area contributed by atoms with E-state index < -0.39 is 17.7 Å². The summed E-state index contributed by atoms with van der Waals surface area (Å²) in [7, 11) is 0. The van der Waals surface area contributed by atoms with Gasteiger partial charge in [0, 0.05) is 56.0 Å². The molecule has 3 fully saturated rings. The van der Waals surface area contributed by atoms with Crippen LogP contribution in [0.3, 0.4) is 0 Å². The first-order valence-corrected chi connectivity index (χ1v) is 13.2. The highest BCUT2D eigenvalue weighted by molar-refractivity contribution is 5.98. The van der Waals surface area contributed by atoms with Gasteiger partial charge in [-0.15, -0.1) is 0 Å². The molecule has 0 radical (unpaired) electrons. The molecule has 1 unspecified atom stereocenters. The Kier molecular flexibility index (Phi) is 6.84. The van der Waals surface area contributed by atoms with E-state index in [1.54, 1.807) is 12.3 Å². The normalized spacial score (nSPS) is 21.0. The van der Waals surface area contributed by atoms with Crippen LogP contribution in [0, 0.1) is 11.6 Å². The molecule has 8 nitrogen and oxygen atoms in total. The van der Waals surface area contributed by atoms with Crippen molar-refractivity contribution in [3.63, 3.8) is 0 Å². The molecular weight excluding hydrogens is 492 g/mol. The number of carbonyl (C=O) groups excluding carboxylic acids is 1. The first kappa shape index (κ1) is 24.9. The predicted molar refractivity (Wildman–Crippen MR) is 138 cm³/mol. The first-order valence-electron chi connectivity index (χ1n) is 13.2. The lowest BCUT2D eigenvalue weighted by Crippen LogP contribution is -2.52. The van der Waals surface area contributed by atoms with Crippen LogP contribution in [0.5, 0.6) is 5.75 Å². The highest BCUT2D eigenvalue weighted by Crippen LogP contribution is 2.31. The minimum absolute atomic E-state index is 0.0428. The van der Waals surface area contributed by atoms with Crippen molar-refractivity contribution in [1.29, 1.82) is 0 Å². The summed E-state index contributed by atoms with van der Waals surface area (Å²) in [6, 6.07) is 7.47. The second-order valence-corrected chi connectivity index (χ2v) is 10.2. The van der Waals surface area contributed by atoms with Gasteiger partial charge in [0.25, 0.3) is 5.91 Å². The molecule has 3 saturated heterocycles. The molecule has 3 aliphatic heterocycles. The summed E-state index contributed by atoms with van der Waals surface area (Å²) in [6.07, 6.45) is 3.41. The van der Waals surface area contributed by atoms with E-state index >= 15 is 0 Å². The van der Waals surface area contributed by atoms with Gasteiger partial charge in [-0.3, -0.25) is 14.7 Å². The lowest BCUT2D eigenvalue weighted by atomic mass is 10.0. The number of ether oxygens (including phenoxy) is 2. The van der Waals surface area contributed by atoms with E-state index in [-0.39, 0.29) is 11.7 Å². The molecule has 0 bridgehead atoms. The van der Waals surface area contributed by atoms with Gasteiger partial charge in [-0.05, 0) is 50.6 Å². The van der Waals surface area contributed by atoms with Gasteiger partial charge in [0.15, 0.2) is 11.6 Å². The van der Waals surface area contributed by atoms with Gasteiger partial charge in [0.05, 0.1) is 30.4 Å². The zero-order valence-electron chi connectivity index (χ0n) is 21.4. The largest absolute Gasteiger partial charge is 0.486 e. The Morgan fingerprint density at radius 2 is 1.92 bits per heavy atom. The topological polar surface area (TPSA) is 71.0 Å². The molecule has 10 heteroatoms. The smallest absolute Gasteiger partial charge is 0.254 e.